The topological polar surface area (TPSA) is 54.7 Å². The van der Waals surface area contributed by atoms with Crippen LogP contribution in [0.4, 0.5) is 0 Å². The first-order valence-corrected chi connectivity index (χ1v) is 9.90. The molecule has 28 heavy (non-hydrogen) atoms. The number of hydrogen-bond acceptors (Lipinski definition) is 4. The molecule has 0 N–H and O–H groups in total. The predicted molar refractivity (Wildman–Crippen MR) is 118 cm³/mol. The second-order valence-electron chi connectivity index (χ2n) is 6.92. The predicted octanol–water partition coefficient (Wildman–Crippen LogP) is 4.07. The monoisotopic (exact) mass is 483 g/mol. The first kappa shape index (κ1) is 18.8. The van der Waals surface area contributed by atoms with Gasteiger partial charge in [0.2, 0.25) is 5.78 Å². The lowest BCUT2D eigenvalue weighted by Gasteiger charge is -2.08. The first-order valence-electron chi connectivity index (χ1n) is 8.82. The number of carbonyl (C=O) groups is 2. The van der Waals surface area contributed by atoms with Gasteiger partial charge in [0.25, 0.3) is 0 Å². The number of likely N-dealkylation sites (N-methyl/N-ethyl adjacent to an activating group) is 1. The third-order valence-corrected chi connectivity index (χ3v) is 5.33. The van der Waals surface area contributed by atoms with Crippen molar-refractivity contribution in [2.75, 3.05) is 20.6 Å². The Morgan fingerprint density at radius 1 is 1.07 bits per heavy atom. The molecule has 0 spiro atoms. The number of fused-ring (bicyclic) bond motifs is 3. The Hall–Kier alpha value is -2.58. The van der Waals surface area contributed by atoms with Gasteiger partial charge in [0.15, 0.2) is 5.78 Å². The Kier molecular flexibility index (Phi) is 4.99. The van der Waals surface area contributed by atoms with E-state index in [0.29, 0.717) is 16.8 Å². The van der Waals surface area contributed by atoms with Crippen LogP contribution in [0, 0.1) is 3.57 Å². The van der Waals surface area contributed by atoms with Gasteiger partial charge in [-0.3, -0.25) is 14.0 Å². The van der Waals surface area contributed by atoms with E-state index in [2.05, 4.69) is 27.6 Å². The van der Waals surface area contributed by atoms with Gasteiger partial charge in [-0.25, -0.2) is 4.98 Å². The summed E-state index contributed by atoms with van der Waals surface area (Å²) in [4.78, 5) is 32.4. The number of nitrogens with zero attached hydrogens (tertiary/aromatic N) is 3. The van der Waals surface area contributed by atoms with Crippen molar-refractivity contribution in [3.63, 3.8) is 0 Å². The molecule has 0 radical (unpaired) electrons. The van der Waals surface area contributed by atoms with E-state index >= 15 is 0 Å². The Balaban J connectivity index is 1.97. The number of para-hydroxylation sites is 1. The highest BCUT2D eigenvalue weighted by Crippen LogP contribution is 2.27. The number of benzene rings is 2. The van der Waals surface area contributed by atoms with Crippen LogP contribution in [-0.2, 0) is 0 Å². The minimum Gasteiger partial charge on any atom is -0.302 e. The fraction of sp³-hybridized carbons (Fsp3) is 0.136. The van der Waals surface area contributed by atoms with Crippen LogP contribution in [0.1, 0.15) is 26.4 Å². The van der Waals surface area contributed by atoms with E-state index < -0.39 is 0 Å². The van der Waals surface area contributed by atoms with E-state index in [-0.39, 0.29) is 18.1 Å². The minimum absolute atomic E-state index is 0.0273. The summed E-state index contributed by atoms with van der Waals surface area (Å²) in [7, 11) is 3.71. The maximum Gasteiger partial charge on any atom is 0.209 e. The summed E-state index contributed by atoms with van der Waals surface area (Å²) in [5.41, 5.74) is 3.09. The summed E-state index contributed by atoms with van der Waals surface area (Å²) in [6, 6.07) is 16.8. The SMILES string of the molecule is CN(C)CC(=O)c1cc(C(=O)c2ccc(I)cc2)n2cnc3ccccc3c12. The second-order valence-corrected chi connectivity index (χ2v) is 8.17. The van der Waals surface area contributed by atoms with E-state index in [4.69, 9.17) is 0 Å². The number of aromatic nitrogens is 2. The summed E-state index contributed by atoms with van der Waals surface area (Å²) >= 11 is 2.21. The van der Waals surface area contributed by atoms with Crippen molar-refractivity contribution in [2.45, 2.75) is 0 Å². The highest BCUT2D eigenvalue weighted by Gasteiger charge is 2.22. The molecule has 2 aromatic carbocycles. The van der Waals surface area contributed by atoms with Gasteiger partial charge in [-0.05, 0) is 73.1 Å². The number of hydrogen-bond donors (Lipinski definition) is 0. The largest absolute Gasteiger partial charge is 0.302 e. The van der Waals surface area contributed by atoms with Crippen LogP contribution in [-0.4, -0.2) is 46.5 Å². The third-order valence-electron chi connectivity index (χ3n) is 4.61. The van der Waals surface area contributed by atoms with Gasteiger partial charge < -0.3 is 4.90 Å². The maximum absolute atomic E-state index is 13.2. The molecule has 0 amide bonds. The van der Waals surface area contributed by atoms with Gasteiger partial charge in [-0.15, -0.1) is 0 Å². The van der Waals surface area contributed by atoms with Gasteiger partial charge in [0.1, 0.15) is 6.33 Å². The molecule has 0 unspecified atom stereocenters. The van der Waals surface area contributed by atoms with E-state index in [1.165, 1.54) is 0 Å². The minimum atomic E-state index is -0.132. The lowest BCUT2D eigenvalue weighted by Crippen LogP contribution is -2.21. The van der Waals surface area contributed by atoms with E-state index in [1.807, 2.05) is 55.4 Å². The molecule has 0 saturated carbocycles. The number of halogens is 1. The van der Waals surface area contributed by atoms with Crippen molar-refractivity contribution in [1.82, 2.24) is 14.3 Å². The molecule has 0 saturated heterocycles. The van der Waals surface area contributed by atoms with Crippen molar-refractivity contribution < 1.29 is 9.59 Å². The number of rotatable bonds is 5. The molecule has 0 aliphatic heterocycles. The molecule has 0 bridgehead atoms. The van der Waals surface area contributed by atoms with Gasteiger partial charge in [-0.1, -0.05) is 18.2 Å². The molecule has 0 atom stereocenters. The van der Waals surface area contributed by atoms with E-state index in [9.17, 15) is 9.59 Å². The second kappa shape index (κ2) is 7.44. The van der Waals surface area contributed by atoms with Gasteiger partial charge in [-0.2, -0.15) is 0 Å². The van der Waals surface area contributed by atoms with Gasteiger partial charge in [0, 0.05) is 20.1 Å². The molecular formula is C22H18IN3O2. The Morgan fingerprint density at radius 3 is 2.50 bits per heavy atom. The Labute approximate surface area is 176 Å². The number of carbonyl (C=O) groups excluding carboxylic acids is 2. The molecule has 0 aliphatic carbocycles. The molecule has 4 aromatic rings. The van der Waals surface area contributed by atoms with Crippen LogP contribution in [0.25, 0.3) is 16.4 Å². The van der Waals surface area contributed by atoms with Crippen molar-refractivity contribution in [3.05, 3.63) is 81.3 Å². The zero-order chi connectivity index (χ0) is 19.8. The fourth-order valence-corrected chi connectivity index (χ4v) is 3.69. The zero-order valence-corrected chi connectivity index (χ0v) is 17.7. The summed E-state index contributed by atoms with van der Waals surface area (Å²) in [5, 5.41) is 0.855. The molecule has 0 aliphatic rings. The van der Waals surface area contributed by atoms with Crippen LogP contribution in [0.3, 0.4) is 0 Å². The quantitative estimate of drug-likeness (QED) is 0.318. The highest BCUT2D eigenvalue weighted by atomic mass is 127. The molecule has 2 aromatic heterocycles. The number of ketones is 2. The van der Waals surface area contributed by atoms with Crippen molar-refractivity contribution in [3.8, 4) is 0 Å². The van der Waals surface area contributed by atoms with Crippen LogP contribution in [0.15, 0.2) is 60.9 Å². The normalized spacial score (nSPS) is 11.4. The molecule has 2 heterocycles. The standard InChI is InChI=1S/C22H18IN3O2/c1-25(2)12-20(27)17-11-19(22(28)14-7-9-15(23)10-8-14)26-13-24-18-6-4-3-5-16(18)21(17)26/h3-11,13H,12H2,1-2H3. The van der Waals surface area contributed by atoms with Crippen LogP contribution in [0.2, 0.25) is 0 Å². The van der Waals surface area contributed by atoms with Crippen molar-refractivity contribution in [1.29, 1.82) is 0 Å². The molecule has 140 valence electrons. The van der Waals surface area contributed by atoms with Gasteiger partial charge in [0.05, 0.1) is 23.3 Å². The fourth-order valence-electron chi connectivity index (χ4n) is 3.34. The average molecular weight is 483 g/mol. The van der Waals surface area contributed by atoms with Gasteiger partial charge >= 0.3 is 0 Å². The molecule has 6 heteroatoms. The summed E-state index contributed by atoms with van der Waals surface area (Å²) in [6.45, 7) is 0.271. The maximum atomic E-state index is 13.2. The summed E-state index contributed by atoms with van der Waals surface area (Å²) in [6.07, 6.45) is 1.63. The lowest BCUT2D eigenvalue weighted by atomic mass is 10.1. The molecule has 0 fully saturated rings. The lowest BCUT2D eigenvalue weighted by molar-refractivity contribution is 0.0959. The molecular weight excluding hydrogens is 465 g/mol. The average Bonchev–Trinajstić information content (AvgIpc) is 3.08. The van der Waals surface area contributed by atoms with Crippen molar-refractivity contribution >= 4 is 50.6 Å². The molecule has 4 rings (SSSR count). The first-order chi connectivity index (χ1) is 13.5. The summed E-state index contributed by atoms with van der Waals surface area (Å²) < 4.78 is 2.80. The number of Topliss-reactive ketones (excluding diaryl/α,β-unsaturated/α-hetero) is 1. The Morgan fingerprint density at radius 2 is 1.79 bits per heavy atom. The van der Waals surface area contributed by atoms with Crippen LogP contribution >= 0.6 is 22.6 Å². The van der Waals surface area contributed by atoms with E-state index in [0.717, 1.165) is 20.0 Å². The smallest absolute Gasteiger partial charge is 0.209 e. The van der Waals surface area contributed by atoms with Crippen LogP contribution in [0.5, 0.6) is 0 Å². The highest BCUT2D eigenvalue weighted by molar-refractivity contribution is 14.1. The summed E-state index contributed by atoms with van der Waals surface area (Å²) in [5.74, 6) is -0.159. The Bertz CT molecular complexity index is 1210. The van der Waals surface area contributed by atoms with Crippen molar-refractivity contribution in [2.24, 2.45) is 0 Å². The zero-order valence-electron chi connectivity index (χ0n) is 15.5. The third kappa shape index (κ3) is 3.33. The van der Waals surface area contributed by atoms with E-state index in [1.54, 1.807) is 28.9 Å². The molecule has 5 nitrogen and oxygen atoms in total. The van der Waals surface area contributed by atoms with Crippen LogP contribution < -0.4 is 0 Å².